The lowest BCUT2D eigenvalue weighted by atomic mass is 9.94. The Labute approximate surface area is 202 Å². The van der Waals surface area contributed by atoms with Crippen LogP contribution in [0.15, 0.2) is 29.4 Å². The minimum absolute atomic E-state index is 0.0220. The van der Waals surface area contributed by atoms with Crippen LogP contribution in [0, 0.1) is 11.6 Å². The van der Waals surface area contributed by atoms with Crippen molar-refractivity contribution in [3.8, 4) is 22.9 Å². The van der Waals surface area contributed by atoms with Gasteiger partial charge in [-0.2, -0.15) is 9.97 Å². The third-order valence-electron chi connectivity index (χ3n) is 5.72. The maximum absolute atomic E-state index is 16.2. The van der Waals surface area contributed by atoms with Crippen molar-refractivity contribution in [2.45, 2.75) is 18.5 Å². The number of fused-ring (bicyclic) bond motifs is 1. The zero-order valence-corrected chi connectivity index (χ0v) is 20.1. The van der Waals surface area contributed by atoms with Gasteiger partial charge in [-0.1, -0.05) is 13.0 Å². The minimum Gasteiger partial charge on any atom is -0.609 e. The summed E-state index contributed by atoms with van der Waals surface area (Å²) < 4.78 is 59.7. The van der Waals surface area contributed by atoms with Gasteiger partial charge in [0, 0.05) is 23.8 Å². The molecule has 0 aliphatic carbocycles. The number of aromatic nitrogens is 3. The summed E-state index contributed by atoms with van der Waals surface area (Å²) in [6.45, 7) is 2.44. The Kier molecular flexibility index (Phi) is 6.30. The highest BCUT2D eigenvalue weighted by atomic mass is 32.2. The molecule has 4 aromatic rings. The van der Waals surface area contributed by atoms with E-state index in [1.54, 1.807) is 18.2 Å². The second-order valence-corrected chi connectivity index (χ2v) is 9.16. The van der Waals surface area contributed by atoms with Gasteiger partial charge in [0.25, 0.3) is 0 Å². The highest BCUT2D eigenvalue weighted by molar-refractivity contribution is 7.90. The third-order valence-corrected chi connectivity index (χ3v) is 6.41. The van der Waals surface area contributed by atoms with Crippen molar-refractivity contribution in [1.29, 1.82) is 0 Å². The topological polar surface area (TPSA) is 101 Å². The van der Waals surface area contributed by atoms with Gasteiger partial charge >= 0.3 is 5.16 Å². The molecule has 1 atom stereocenters. The fourth-order valence-electron chi connectivity index (χ4n) is 4.21. The van der Waals surface area contributed by atoms with E-state index < -0.39 is 22.8 Å². The summed E-state index contributed by atoms with van der Waals surface area (Å²) in [6, 6.07) is 6.32. The molecule has 8 nitrogen and oxygen atoms in total. The van der Waals surface area contributed by atoms with Gasteiger partial charge in [-0.25, -0.2) is 13.8 Å². The normalized spacial score (nSPS) is 13.9. The molecule has 2 aromatic carbocycles. The first-order valence-corrected chi connectivity index (χ1v) is 12.5. The molecule has 3 heterocycles. The molecule has 2 aromatic heterocycles. The van der Waals surface area contributed by atoms with Crippen LogP contribution in [0.25, 0.3) is 32.9 Å². The highest BCUT2D eigenvalue weighted by Gasteiger charge is 2.27. The molecule has 0 fully saturated rings. The van der Waals surface area contributed by atoms with E-state index in [2.05, 4.69) is 20.3 Å². The van der Waals surface area contributed by atoms with Crippen LogP contribution in [0.3, 0.4) is 0 Å². The number of nitrogens with zero attached hydrogens (tertiary/aromatic N) is 3. The fraction of sp³-hybridized carbons (Fsp3) is 0.292. The summed E-state index contributed by atoms with van der Waals surface area (Å²) in [7, 11) is 1.49. The first kappa shape index (κ1) is 23.5. The predicted octanol–water partition coefficient (Wildman–Crippen LogP) is 4.21. The van der Waals surface area contributed by atoms with Gasteiger partial charge < -0.3 is 24.1 Å². The van der Waals surface area contributed by atoms with Gasteiger partial charge in [-0.05, 0) is 41.0 Å². The number of ether oxygens (including phenoxy) is 3. The van der Waals surface area contributed by atoms with E-state index in [1.807, 2.05) is 6.92 Å². The van der Waals surface area contributed by atoms with E-state index in [4.69, 9.17) is 14.2 Å². The average Bonchev–Trinajstić information content (AvgIpc) is 3.06. The predicted molar refractivity (Wildman–Crippen MR) is 128 cm³/mol. The molecule has 0 radical (unpaired) electrons. The van der Waals surface area contributed by atoms with Crippen molar-refractivity contribution in [2.24, 2.45) is 0 Å². The summed E-state index contributed by atoms with van der Waals surface area (Å²) in [5.74, 6) is -0.331. The van der Waals surface area contributed by atoms with Crippen molar-refractivity contribution >= 4 is 38.7 Å². The van der Waals surface area contributed by atoms with Crippen LogP contribution in [0.2, 0.25) is 0 Å². The third kappa shape index (κ3) is 4.09. The first-order chi connectivity index (χ1) is 16.9. The lowest BCUT2D eigenvalue weighted by Crippen LogP contribution is -2.11. The van der Waals surface area contributed by atoms with E-state index in [1.165, 1.54) is 19.4 Å². The first-order valence-electron chi connectivity index (χ1n) is 10.9. The van der Waals surface area contributed by atoms with Crippen LogP contribution in [0.4, 0.5) is 14.6 Å². The average molecular weight is 501 g/mol. The lowest BCUT2D eigenvalue weighted by Gasteiger charge is -2.17. The zero-order chi connectivity index (χ0) is 24.7. The summed E-state index contributed by atoms with van der Waals surface area (Å²) >= 11 is -1.56. The number of rotatable bonds is 6. The Balaban J connectivity index is 1.88. The fourth-order valence-corrected chi connectivity index (χ4v) is 4.65. The molecule has 11 heteroatoms. The monoisotopic (exact) mass is 500 g/mol. The standard InChI is InChI=1S/C24H22F2N4O4S/c1-4-14-16(25)6-5-12-9-13(34-11-32-2)10-15(17(12)14)20-19(26)21-18-22(30-24(29-21)35(3)31)27-7-8-33-23(18)28-20/h5-6,9-10H,4,7-8,11H2,1-3H3,(H,27,29,30). The van der Waals surface area contributed by atoms with Gasteiger partial charge in [0.15, 0.2) is 12.6 Å². The SMILES string of the molecule is CCc1c(F)ccc2cc(OCOC)cc(-c3nc4c5c(nc([S+](C)[O-])nc5c3F)NCCO4)c12. The molecule has 0 saturated heterocycles. The number of methoxy groups -OCH3 is 1. The maximum atomic E-state index is 16.2. The molecule has 1 aliphatic rings. The number of hydrogen-bond donors (Lipinski definition) is 1. The molecule has 0 saturated carbocycles. The molecular formula is C24H22F2N4O4S. The molecule has 1 aliphatic heterocycles. The molecule has 1 unspecified atom stereocenters. The number of benzene rings is 2. The molecule has 5 rings (SSSR count). The number of nitrogens with one attached hydrogen (secondary N) is 1. The van der Waals surface area contributed by atoms with E-state index in [0.717, 1.165) is 0 Å². The van der Waals surface area contributed by atoms with Gasteiger partial charge in [-0.3, -0.25) is 0 Å². The maximum Gasteiger partial charge on any atom is 0.345 e. The van der Waals surface area contributed by atoms with Crippen molar-refractivity contribution in [2.75, 3.05) is 38.6 Å². The van der Waals surface area contributed by atoms with Crippen molar-refractivity contribution in [1.82, 2.24) is 15.0 Å². The van der Waals surface area contributed by atoms with Crippen LogP contribution in [-0.2, 0) is 22.3 Å². The van der Waals surface area contributed by atoms with Gasteiger partial charge in [0.2, 0.25) is 5.88 Å². The molecular weight excluding hydrogens is 478 g/mol. The molecule has 0 bridgehead atoms. The van der Waals surface area contributed by atoms with Crippen LogP contribution >= 0.6 is 0 Å². The van der Waals surface area contributed by atoms with E-state index in [0.29, 0.717) is 46.4 Å². The number of hydrogen-bond acceptors (Lipinski definition) is 8. The summed E-state index contributed by atoms with van der Waals surface area (Å²) in [5, 5.41) is 4.46. The lowest BCUT2D eigenvalue weighted by molar-refractivity contribution is 0.0512. The van der Waals surface area contributed by atoms with E-state index in [9.17, 15) is 8.94 Å². The largest absolute Gasteiger partial charge is 0.609 e. The van der Waals surface area contributed by atoms with Gasteiger partial charge in [-0.15, -0.1) is 0 Å². The molecule has 1 N–H and O–H groups in total. The van der Waals surface area contributed by atoms with Crippen LogP contribution in [0.1, 0.15) is 12.5 Å². The van der Waals surface area contributed by atoms with Crippen LogP contribution in [-0.4, -0.2) is 52.8 Å². The highest BCUT2D eigenvalue weighted by Crippen LogP contribution is 2.41. The van der Waals surface area contributed by atoms with Crippen molar-refractivity contribution in [3.63, 3.8) is 0 Å². The van der Waals surface area contributed by atoms with Crippen molar-refractivity contribution < 1.29 is 27.5 Å². The Morgan fingerprint density at radius 1 is 1.17 bits per heavy atom. The quantitative estimate of drug-likeness (QED) is 0.239. The van der Waals surface area contributed by atoms with E-state index in [-0.39, 0.29) is 41.0 Å². The molecule has 0 spiro atoms. The Morgan fingerprint density at radius 3 is 2.74 bits per heavy atom. The second-order valence-electron chi connectivity index (χ2n) is 7.89. The number of pyridine rings is 1. The summed E-state index contributed by atoms with van der Waals surface area (Å²) in [6.07, 6.45) is 1.80. The molecule has 182 valence electrons. The smallest absolute Gasteiger partial charge is 0.345 e. The molecule has 35 heavy (non-hydrogen) atoms. The van der Waals surface area contributed by atoms with E-state index >= 15 is 4.39 Å². The Morgan fingerprint density at radius 2 is 2.00 bits per heavy atom. The van der Waals surface area contributed by atoms with Crippen LogP contribution < -0.4 is 14.8 Å². The Hall–Kier alpha value is -3.28. The Bertz CT molecular complexity index is 1450. The van der Waals surface area contributed by atoms with Gasteiger partial charge in [0.1, 0.15) is 46.8 Å². The van der Waals surface area contributed by atoms with Crippen LogP contribution in [0.5, 0.6) is 11.6 Å². The number of halogens is 2. The van der Waals surface area contributed by atoms with Crippen molar-refractivity contribution in [3.05, 3.63) is 41.5 Å². The summed E-state index contributed by atoms with van der Waals surface area (Å²) in [4.78, 5) is 13.0. The zero-order valence-electron chi connectivity index (χ0n) is 19.3. The minimum atomic E-state index is -1.56. The second kappa shape index (κ2) is 9.40. The summed E-state index contributed by atoms with van der Waals surface area (Å²) in [5.41, 5.74) is 0.575. The molecule has 0 amide bonds. The number of anilines is 1. The van der Waals surface area contributed by atoms with Gasteiger partial charge in [0.05, 0.1) is 6.54 Å². The number of aryl methyl sites for hydroxylation is 1.